The Morgan fingerprint density at radius 1 is 1.40 bits per heavy atom. The molecule has 0 radical (unpaired) electrons. The first-order chi connectivity index (χ1) is 9.53. The molecule has 1 aromatic heterocycles. The standard InChI is InChI=1S/C13H22N4O2S/c1-11-7-12(9-15-8-11)16-20(18,19)17-6-4-3-5-13(17)10-14-2/h7-9,13-14,16H,3-6,10H2,1-2H3. The number of piperidine rings is 1. The summed E-state index contributed by atoms with van der Waals surface area (Å²) in [5.74, 6) is 0. The Hall–Kier alpha value is -1.18. The normalized spacial score (nSPS) is 20.8. The van der Waals surface area contributed by atoms with Crippen molar-refractivity contribution >= 4 is 15.9 Å². The fourth-order valence-corrected chi connectivity index (χ4v) is 4.02. The lowest BCUT2D eigenvalue weighted by molar-refractivity contribution is 0.250. The molecule has 1 aromatic rings. The van der Waals surface area contributed by atoms with Crippen molar-refractivity contribution in [2.45, 2.75) is 32.2 Å². The van der Waals surface area contributed by atoms with Crippen LogP contribution in [0.2, 0.25) is 0 Å². The number of nitrogens with one attached hydrogen (secondary N) is 2. The van der Waals surface area contributed by atoms with Gasteiger partial charge in [0.1, 0.15) is 0 Å². The molecule has 0 spiro atoms. The van der Waals surface area contributed by atoms with Gasteiger partial charge >= 0.3 is 10.2 Å². The minimum Gasteiger partial charge on any atom is -0.318 e. The minimum absolute atomic E-state index is 0.0176. The fourth-order valence-electron chi connectivity index (χ4n) is 2.55. The second kappa shape index (κ2) is 6.51. The van der Waals surface area contributed by atoms with Crippen molar-refractivity contribution in [1.82, 2.24) is 14.6 Å². The van der Waals surface area contributed by atoms with Crippen LogP contribution in [-0.2, 0) is 10.2 Å². The van der Waals surface area contributed by atoms with E-state index in [9.17, 15) is 8.42 Å². The largest absolute Gasteiger partial charge is 0.318 e. The van der Waals surface area contributed by atoms with Crippen molar-refractivity contribution < 1.29 is 8.42 Å². The maximum Gasteiger partial charge on any atom is 0.301 e. The van der Waals surface area contributed by atoms with E-state index in [1.54, 1.807) is 16.6 Å². The molecule has 1 aliphatic rings. The summed E-state index contributed by atoms with van der Waals surface area (Å²) in [5.41, 5.74) is 1.44. The highest BCUT2D eigenvalue weighted by Gasteiger charge is 2.31. The number of hydrogen-bond donors (Lipinski definition) is 2. The van der Waals surface area contributed by atoms with E-state index < -0.39 is 10.2 Å². The molecule has 2 heterocycles. The SMILES string of the molecule is CNCC1CCCCN1S(=O)(=O)Nc1cncc(C)c1. The van der Waals surface area contributed by atoms with Crippen LogP contribution in [0.4, 0.5) is 5.69 Å². The Morgan fingerprint density at radius 3 is 2.90 bits per heavy atom. The first kappa shape index (κ1) is 15.2. The highest BCUT2D eigenvalue weighted by atomic mass is 32.2. The smallest absolute Gasteiger partial charge is 0.301 e. The lowest BCUT2D eigenvalue weighted by Crippen LogP contribution is -2.49. The van der Waals surface area contributed by atoms with Gasteiger partial charge in [-0.15, -0.1) is 0 Å². The summed E-state index contributed by atoms with van der Waals surface area (Å²) in [6, 6.07) is 1.80. The molecule has 6 nitrogen and oxygen atoms in total. The molecule has 1 fully saturated rings. The summed E-state index contributed by atoms with van der Waals surface area (Å²) >= 11 is 0. The van der Waals surface area contributed by atoms with E-state index in [2.05, 4.69) is 15.0 Å². The third-order valence-corrected chi connectivity index (χ3v) is 5.04. The predicted octanol–water partition coefficient (Wildman–Crippen LogP) is 1.12. The van der Waals surface area contributed by atoms with E-state index in [1.807, 2.05) is 14.0 Å². The summed E-state index contributed by atoms with van der Waals surface area (Å²) in [6.07, 6.45) is 6.11. The van der Waals surface area contributed by atoms with Crippen LogP contribution in [0, 0.1) is 6.92 Å². The number of rotatable bonds is 5. The zero-order valence-electron chi connectivity index (χ0n) is 12.0. The van der Waals surface area contributed by atoms with Crippen LogP contribution in [0.3, 0.4) is 0 Å². The molecular weight excluding hydrogens is 276 g/mol. The molecule has 0 bridgehead atoms. The van der Waals surface area contributed by atoms with Gasteiger partial charge < -0.3 is 5.32 Å². The van der Waals surface area contributed by atoms with Gasteiger partial charge in [0.25, 0.3) is 0 Å². The quantitative estimate of drug-likeness (QED) is 0.854. The van der Waals surface area contributed by atoms with E-state index in [0.29, 0.717) is 18.8 Å². The molecule has 0 saturated carbocycles. The maximum absolute atomic E-state index is 12.5. The number of likely N-dealkylation sites (N-methyl/N-ethyl adjacent to an activating group) is 1. The third-order valence-electron chi connectivity index (χ3n) is 3.44. The number of nitrogens with zero attached hydrogens (tertiary/aromatic N) is 2. The average molecular weight is 298 g/mol. The van der Waals surface area contributed by atoms with Crippen molar-refractivity contribution in [3.63, 3.8) is 0 Å². The van der Waals surface area contributed by atoms with Gasteiger partial charge in [-0.3, -0.25) is 9.71 Å². The van der Waals surface area contributed by atoms with Gasteiger partial charge in [0, 0.05) is 25.3 Å². The fraction of sp³-hybridized carbons (Fsp3) is 0.615. The third kappa shape index (κ3) is 3.68. The number of aromatic nitrogens is 1. The zero-order valence-corrected chi connectivity index (χ0v) is 12.8. The van der Waals surface area contributed by atoms with E-state index in [1.165, 1.54) is 6.20 Å². The van der Waals surface area contributed by atoms with Crippen LogP contribution < -0.4 is 10.0 Å². The van der Waals surface area contributed by atoms with Crippen molar-refractivity contribution in [3.8, 4) is 0 Å². The molecule has 1 aliphatic heterocycles. The topological polar surface area (TPSA) is 74.3 Å². The van der Waals surface area contributed by atoms with Crippen molar-refractivity contribution in [3.05, 3.63) is 24.0 Å². The molecule has 1 saturated heterocycles. The molecule has 20 heavy (non-hydrogen) atoms. The zero-order chi connectivity index (χ0) is 14.6. The van der Waals surface area contributed by atoms with Gasteiger partial charge in [-0.2, -0.15) is 12.7 Å². The second-order valence-corrected chi connectivity index (χ2v) is 6.80. The monoisotopic (exact) mass is 298 g/mol. The second-order valence-electron chi connectivity index (χ2n) is 5.18. The predicted molar refractivity (Wildman–Crippen MR) is 79.8 cm³/mol. The molecular formula is C13H22N4O2S. The first-order valence-corrected chi connectivity index (χ1v) is 8.33. The minimum atomic E-state index is -3.52. The molecule has 1 unspecified atom stereocenters. The highest BCUT2D eigenvalue weighted by Crippen LogP contribution is 2.21. The Morgan fingerprint density at radius 2 is 2.20 bits per heavy atom. The lowest BCUT2D eigenvalue weighted by Gasteiger charge is -2.34. The van der Waals surface area contributed by atoms with Gasteiger partial charge in [0.15, 0.2) is 0 Å². The summed E-state index contributed by atoms with van der Waals surface area (Å²) in [5, 5.41) is 3.07. The number of hydrogen-bond acceptors (Lipinski definition) is 4. The molecule has 2 rings (SSSR count). The Kier molecular flexibility index (Phi) is 4.95. The molecule has 0 aliphatic carbocycles. The molecule has 112 valence electrons. The summed E-state index contributed by atoms with van der Waals surface area (Å²) in [7, 11) is -1.68. The molecule has 0 amide bonds. The van der Waals surface area contributed by atoms with Crippen LogP contribution >= 0.6 is 0 Å². The van der Waals surface area contributed by atoms with Crippen LogP contribution in [0.15, 0.2) is 18.5 Å². The van der Waals surface area contributed by atoms with Crippen molar-refractivity contribution in [2.75, 3.05) is 24.9 Å². The highest BCUT2D eigenvalue weighted by molar-refractivity contribution is 7.90. The first-order valence-electron chi connectivity index (χ1n) is 6.89. The average Bonchev–Trinajstić information content (AvgIpc) is 2.39. The Labute approximate surface area is 120 Å². The molecule has 2 N–H and O–H groups in total. The van der Waals surface area contributed by atoms with Gasteiger partial charge in [0.2, 0.25) is 0 Å². The number of anilines is 1. The van der Waals surface area contributed by atoms with E-state index in [-0.39, 0.29) is 6.04 Å². The molecule has 1 atom stereocenters. The van der Waals surface area contributed by atoms with E-state index >= 15 is 0 Å². The van der Waals surface area contributed by atoms with Gasteiger partial charge in [-0.25, -0.2) is 0 Å². The van der Waals surface area contributed by atoms with Crippen LogP contribution in [0.25, 0.3) is 0 Å². The van der Waals surface area contributed by atoms with Crippen LogP contribution in [0.5, 0.6) is 0 Å². The van der Waals surface area contributed by atoms with Gasteiger partial charge in [0.05, 0.1) is 11.9 Å². The van der Waals surface area contributed by atoms with E-state index in [4.69, 9.17) is 0 Å². The summed E-state index contributed by atoms with van der Waals surface area (Å²) in [6.45, 7) is 3.13. The summed E-state index contributed by atoms with van der Waals surface area (Å²) < 4.78 is 29.2. The number of pyridine rings is 1. The lowest BCUT2D eigenvalue weighted by atomic mass is 10.1. The molecule has 7 heteroatoms. The van der Waals surface area contributed by atoms with Crippen molar-refractivity contribution in [2.24, 2.45) is 0 Å². The Bertz CT molecular complexity index is 545. The molecule has 0 aromatic carbocycles. The Balaban J connectivity index is 2.15. The number of aryl methyl sites for hydroxylation is 1. The van der Waals surface area contributed by atoms with Gasteiger partial charge in [-0.1, -0.05) is 6.42 Å². The maximum atomic E-state index is 12.5. The van der Waals surface area contributed by atoms with Crippen LogP contribution in [-0.4, -0.2) is 43.9 Å². The van der Waals surface area contributed by atoms with E-state index in [0.717, 1.165) is 24.8 Å². The van der Waals surface area contributed by atoms with Gasteiger partial charge in [-0.05, 0) is 38.4 Å². The summed E-state index contributed by atoms with van der Waals surface area (Å²) in [4.78, 5) is 4.01. The van der Waals surface area contributed by atoms with Crippen molar-refractivity contribution in [1.29, 1.82) is 0 Å². The van der Waals surface area contributed by atoms with Crippen LogP contribution in [0.1, 0.15) is 24.8 Å².